The molecule has 0 aliphatic carbocycles. The fourth-order valence-electron chi connectivity index (χ4n) is 2.14. The molecule has 0 saturated heterocycles. The van der Waals surface area contributed by atoms with Gasteiger partial charge in [0, 0.05) is 6.07 Å². The molecule has 3 rings (SSSR count). The standard InChI is InChI=1S/C14H9ClF3NO/c15-7-4-11-12(5-10(7)18)20-13(6-19-11)14-8(16)2-1-3-9(14)17/h1-5,13,19H,6H2. The van der Waals surface area contributed by atoms with Crippen molar-refractivity contribution >= 4 is 17.3 Å². The molecule has 2 aromatic carbocycles. The van der Waals surface area contributed by atoms with E-state index in [1.165, 1.54) is 12.1 Å². The third-order valence-electron chi connectivity index (χ3n) is 3.09. The van der Waals surface area contributed by atoms with Crippen LogP contribution in [-0.4, -0.2) is 6.54 Å². The molecular weight excluding hydrogens is 291 g/mol. The van der Waals surface area contributed by atoms with Gasteiger partial charge < -0.3 is 10.1 Å². The quantitative estimate of drug-likeness (QED) is 0.847. The van der Waals surface area contributed by atoms with E-state index in [0.717, 1.165) is 18.2 Å². The van der Waals surface area contributed by atoms with Crippen LogP contribution >= 0.6 is 11.6 Å². The molecule has 2 nitrogen and oxygen atoms in total. The molecule has 0 spiro atoms. The molecule has 0 fully saturated rings. The summed E-state index contributed by atoms with van der Waals surface area (Å²) >= 11 is 5.66. The summed E-state index contributed by atoms with van der Waals surface area (Å²) in [7, 11) is 0. The Labute approximate surface area is 118 Å². The van der Waals surface area contributed by atoms with E-state index in [9.17, 15) is 13.2 Å². The van der Waals surface area contributed by atoms with Crippen LogP contribution in [0.4, 0.5) is 18.9 Å². The van der Waals surface area contributed by atoms with Crippen LogP contribution in [0.25, 0.3) is 0 Å². The van der Waals surface area contributed by atoms with Crippen LogP contribution < -0.4 is 10.1 Å². The van der Waals surface area contributed by atoms with E-state index in [1.54, 1.807) is 0 Å². The molecule has 0 bridgehead atoms. The highest BCUT2D eigenvalue weighted by Crippen LogP contribution is 2.38. The van der Waals surface area contributed by atoms with Gasteiger partial charge in [-0.25, -0.2) is 13.2 Å². The maximum atomic E-state index is 13.7. The SMILES string of the molecule is Fc1cc2c(cc1Cl)NCC(c1c(F)cccc1F)O2. The molecule has 1 unspecified atom stereocenters. The lowest BCUT2D eigenvalue weighted by atomic mass is 10.1. The number of anilines is 1. The van der Waals surface area contributed by atoms with Gasteiger partial charge in [-0.05, 0) is 18.2 Å². The predicted octanol–water partition coefficient (Wildman–Crippen LogP) is 4.30. The van der Waals surface area contributed by atoms with Gasteiger partial charge in [-0.15, -0.1) is 0 Å². The van der Waals surface area contributed by atoms with Crippen molar-refractivity contribution in [1.82, 2.24) is 0 Å². The van der Waals surface area contributed by atoms with Crippen molar-refractivity contribution in [3.8, 4) is 5.75 Å². The van der Waals surface area contributed by atoms with E-state index in [0.29, 0.717) is 5.69 Å². The zero-order valence-corrected chi connectivity index (χ0v) is 10.8. The van der Waals surface area contributed by atoms with E-state index in [4.69, 9.17) is 16.3 Å². The fourth-order valence-corrected chi connectivity index (χ4v) is 2.30. The Bertz CT molecular complexity index is 657. The first-order chi connectivity index (χ1) is 9.56. The summed E-state index contributed by atoms with van der Waals surface area (Å²) < 4.78 is 46.3. The smallest absolute Gasteiger partial charge is 0.147 e. The number of nitrogens with one attached hydrogen (secondary N) is 1. The minimum absolute atomic E-state index is 0.0460. The first-order valence-electron chi connectivity index (χ1n) is 5.89. The number of hydrogen-bond donors (Lipinski definition) is 1. The van der Waals surface area contributed by atoms with Gasteiger partial charge in [-0.1, -0.05) is 17.7 Å². The molecule has 0 saturated carbocycles. The van der Waals surface area contributed by atoms with Crippen molar-refractivity contribution in [3.63, 3.8) is 0 Å². The summed E-state index contributed by atoms with van der Waals surface area (Å²) in [5, 5.41) is 2.88. The van der Waals surface area contributed by atoms with Crippen LogP contribution in [0, 0.1) is 17.5 Å². The summed E-state index contributed by atoms with van der Waals surface area (Å²) in [6.45, 7) is 0.160. The number of benzene rings is 2. The van der Waals surface area contributed by atoms with Gasteiger partial charge in [-0.3, -0.25) is 0 Å². The Hall–Kier alpha value is -1.88. The Balaban J connectivity index is 1.98. The summed E-state index contributed by atoms with van der Waals surface area (Å²) in [4.78, 5) is 0. The fraction of sp³-hybridized carbons (Fsp3) is 0.143. The van der Waals surface area contributed by atoms with Crippen LogP contribution in [0.5, 0.6) is 5.75 Å². The lowest BCUT2D eigenvalue weighted by Gasteiger charge is -2.28. The Kier molecular flexibility index (Phi) is 3.22. The molecule has 1 N–H and O–H groups in total. The van der Waals surface area contributed by atoms with Crippen LogP contribution in [-0.2, 0) is 0 Å². The number of fused-ring (bicyclic) bond motifs is 1. The maximum absolute atomic E-state index is 13.7. The molecule has 1 atom stereocenters. The number of halogens is 4. The molecule has 20 heavy (non-hydrogen) atoms. The van der Waals surface area contributed by atoms with Crippen molar-refractivity contribution in [1.29, 1.82) is 0 Å². The monoisotopic (exact) mass is 299 g/mol. The normalized spacial score (nSPS) is 17.1. The zero-order valence-electron chi connectivity index (χ0n) is 10.1. The summed E-state index contributed by atoms with van der Waals surface area (Å²) in [6, 6.07) is 6.05. The topological polar surface area (TPSA) is 21.3 Å². The molecule has 0 radical (unpaired) electrons. The average Bonchev–Trinajstić information content (AvgIpc) is 2.40. The first kappa shape index (κ1) is 13.1. The second-order valence-corrected chi connectivity index (χ2v) is 4.79. The van der Waals surface area contributed by atoms with E-state index >= 15 is 0 Å². The third kappa shape index (κ3) is 2.18. The van der Waals surface area contributed by atoms with Crippen molar-refractivity contribution in [2.45, 2.75) is 6.10 Å². The summed E-state index contributed by atoms with van der Waals surface area (Å²) in [6.07, 6.45) is -0.871. The number of ether oxygens (including phenoxy) is 1. The molecule has 6 heteroatoms. The Morgan fingerprint density at radius 1 is 1.10 bits per heavy atom. The van der Waals surface area contributed by atoms with Crippen LogP contribution in [0.1, 0.15) is 11.7 Å². The molecule has 1 heterocycles. The van der Waals surface area contributed by atoms with Gasteiger partial charge in [-0.2, -0.15) is 0 Å². The number of hydrogen-bond acceptors (Lipinski definition) is 2. The lowest BCUT2D eigenvalue weighted by molar-refractivity contribution is 0.199. The third-order valence-corrected chi connectivity index (χ3v) is 3.38. The van der Waals surface area contributed by atoms with E-state index < -0.39 is 23.6 Å². The Morgan fingerprint density at radius 3 is 2.50 bits per heavy atom. The zero-order chi connectivity index (χ0) is 14.3. The van der Waals surface area contributed by atoms with E-state index in [-0.39, 0.29) is 22.9 Å². The average molecular weight is 300 g/mol. The number of rotatable bonds is 1. The van der Waals surface area contributed by atoms with Crippen LogP contribution in [0.2, 0.25) is 5.02 Å². The van der Waals surface area contributed by atoms with E-state index in [2.05, 4.69) is 5.32 Å². The molecule has 1 aliphatic heterocycles. The lowest BCUT2D eigenvalue weighted by Crippen LogP contribution is -2.25. The molecule has 0 aromatic heterocycles. The van der Waals surface area contributed by atoms with Gasteiger partial charge in [0.25, 0.3) is 0 Å². The van der Waals surface area contributed by atoms with Gasteiger partial charge in [0.2, 0.25) is 0 Å². The predicted molar refractivity (Wildman–Crippen MR) is 69.6 cm³/mol. The van der Waals surface area contributed by atoms with Gasteiger partial charge in [0.1, 0.15) is 29.3 Å². The maximum Gasteiger partial charge on any atom is 0.147 e. The van der Waals surface area contributed by atoms with Crippen LogP contribution in [0.3, 0.4) is 0 Å². The minimum Gasteiger partial charge on any atom is -0.481 e. The molecule has 104 valence electrons. The van der Waals surface area contributed by atoms with Crippen molar-refractivity contribution in [2.24, 2.45) is 0 Å². The summed E-state index contributed by atoms with van der Waals surface area (Å²) in [5.74, 6) is -1.88. The molecule has 0 amide bonds. The Morgan fingerprint density at radius 2 is 1.80 bits per heavy atom. The highest BCUT2D eigenvalue weighted by Gasteiger charge is 2.27. The molecule has 2 aromatic rings. The van der Waals surface area contributed by atoms with Crippen molar-refractivity contribution in [3.05, 3.63) is 58.4 Å². The minimum atomic E-state index is -0.871. The second-order valence-electron chi connectivity index (χ2n) is 4.39. The molecule has 1 aliphatic rings. The molecular formula is C14H9ClF3NO. The first-order valence-corrected chi connectivity index (χ1v) is 6.27. The van der Waals surface area contributed by atoms with E-state index in [1.807, 2.05) is 0 Å². The highest BCUT2D eigenvalue weighted by molar-refractivity contribution is 6.31. The van der Waals surface area contributed by atoms with Crippen molar-refractivity contribution in [2.75, 3.05) is 11.9 Å². The van der Waals surface area contributed by atoms with Crippen molar-refractivity contribution < 1.29 is 17.9 Å². The van der Waals surface area contributed by atoms with Crippen LogP contribution in [0.15, 0.2) is 30.3 Å². The highest BCUT2D eigenvalue weighted by atomic mass is 35.5. The van der Waals surface area contributed by atoms with Gasteiger partial charge in [0.15, 0.2) is 0 Å². The van der Waals surface area contributed by atoms with Gasteiger partial charge in [0.05, 0.1) is 22.8 Å². The van der Waals surface area contributed by atoms with Gasteiger partial charge >= 0.3 is 0 Å². The second kappa shape index (κ2) is 4.90. The largest absolute Gasteiger partial charge is 0.481 e. The summed E-state index contributed by atoms with van der Waals surface area (Å²) in [5.41, 5.74) is 0.311.